The summed E-state index contributed by atoms with van der Waals surface area (Å²) in [6, 6.07) is 0. The van der Waals surface area contributed by atoms with Gasteiger partial charge in [-0.3, -0.25) is 4.68 Å². The van der Waals surface area contributed by atoms with Gasteiger partial charge in [0.1, 0.15) is 4.90 Å². The molecule has 3 N–H and O–H groups in total. The summed E-state index contributed by atoms with van der Waals surface area (Å²) in [5.74, 6) is 0.0342. The molecule has 0 saturated heterocycles. The van der Waals surface area contributed by atoms with E-state index in [9.17, 15) is 8.42 Å². The average Bonchev–Trinajstić information content (AvgIpc) is 2.58. The van der Waals surface area contributed by atoms with Crippen LogP contribution in [-0.4, -0.2) is 38.5 Å². The second-order valence-electron chi connectivity index (χ2n) is 4.37. The van der Waals surface area contributed by atoms with Gasteiger partial charge in [-0.25, -0.2) is 13.1 Å². The minimum absolute atomic E-state index is 0.0342. The Morgan fingerprint density at radius 3 is 2.58 bits per heavy atom. The van der Waals surface area contributed by atoms with Crippen LogP contribution in [0.2, 0.25) is 0 Å². The molecule has 0 fully saturated rings. The fraction of sp³-hybridized carbons (Fsp3) is 0.727. The van der Waals surface area contributed by atoms with Gasteiger partial charge in [0.15, 0.2) is 5.82 Å². The van der Waals surface area contributed by atoms with E-state index in [-0.39, 0.29) is 10.7 Å². The number of aromatic nitrogens is 2. The van der Waals surface area contributed by atoms with Crippen molar-refractivity contribution in [1.29, 1.82) is 0 Å². The number of aryl methyl sites for hydroxylation is 1. The van der Waals surface area contributed by atoms with Gasteiger partial charge in [-0.05, 0) is 26.2 Å². The number of anilines is 1. The minimum atomic E-state index is -3.58. The van der Waals surface area contributed by atoms with Gasteiger partial charge in [-0.1, -0.05) is 0 Å². The molecule has 110 valence electrons. The van der Waals surface area contributed by atoms with Crippen molar-refractivity contribution in [1.82, 2.24) is 14.5 Å². The highest BCUT2D eigenvalue weighted by molar-refractivity contribution is 7.89. The van der Waals surface area contributed by atoms with Gasteiger partial charge < -0.3 is 10.5 Å². The van der Waals surface area contributed by atoms with Crippen molar-refractivity contribution in [2.45, 2.75) is 31.1 Å². The summed E-state index contributed by atoms with van der Waals surface area (Å²) in [7, 11) is -0.271. The van der Waals surface area contributed by atoms with E-state index in [0.717, 1.165) is 19.3 Å². The van der Waals surface area contributed by atoms with Crippen LogP contribution in [0.1, 0.15) is 25.0 Å². The van der Waals surface area contributed by atoms with Crippen LogP contribution in [0.15, 0.2) is 4.90 Å². The van der Waals surface area contributed by atoms with Gasteiger partial charge in [0.2, 0.25) is 10.0 Å². The van der Waals surface area contributed by atoms with E-state index >= 15 is 0 Å². The lowest BCUT2D eigenvalue weighted by atomic mass is 10.2. The van der Waals surface area contributed by atoms with Crippen LogP contribution >= 0.6 is 0 Å². The molecule has 1 aromatic heterocycles. The van der Waals surface area contributed by atoms with Crippen molar-refractivity contribution in [3.8, 4) is 0 Å². The van der Waals surface area contributed by atoms with Crippen molar-refractivity contribution >= 4 is 15.8 Å². The zero-order valence-corrected chi connectivity index (χ0v) is 12.5. The van der Waals surface area contributed by atoms with Gasteiger partial charge in [-0.15, -0.1) is 0 Å². The number of nitrogen functional groups attached to an aromatic ring is 1. The van der Waals surface area contributed by atoms with E-state index in [1.807, 2.05) is 0 Å². The van der Waals surface area contributed by atoms with Crippen LogP contribution in [0, 0.1) is 6.92 Å². The first-order chi connectivity index (χ1) is 8.90. The Bertz CT molecular complexity index is 510. The Labute approximate surface area is 114 Å². The van der Waals surface area contributed by atoms with E-state index < -0.39 is 10.0 Å². The Hall–Kier alpha value is -1.12. The van der Waals surface area contributed by atoms with Crippen LogP contribution in [0.5, 0.6) is 0 Å². The molecule has 0 spiro atoms. The molecule has 0 unspecified atom stereocenters. The van der Waals surface area contributed by atoms with Gasteiger partial charge in [0.25, 0.3) is 0 Å². The summed E-state index contributed by atoms with van der Waals surface area (Å²) < 4.78 is 33.1. The highest BCUT2D eigenvalue weighted by Gasteiger charge is 2.23. The molecule has 0 aliphatic carbocycles. The molecule has 0 aliphatic rings. The molecule has 0 atom stereocenters. The highest BCUT2D eigenvalue weighted by atomic mass is 32.2. The first-order valence-corrected chi connectivity index (χ1v) is 7.66. The van der Waals surface area contributed by atoms with E-state index in [1.165, 1.54) is 4.68 Å². The monoisotopic (exact) mass is 290 g/mol. The van der Waals surface area contributed by atoms with Gasteiger partial charge >= 0.3 is 0 Å². The molecule has 0 aliphatic heterocycles. The van der Waals surface area contributed by atoms with Crippen molar-refractivity contribution in [3.63, 3.8) is 0 Å². The highest BCUT2D eigenvalue weighted by Crippen LogP contribution is 2.20. The number of nitrogens with two attached hydrogens (primary N) is 1. The lowest BCUT2D eigenvalue weighted by Gasteiger charge is -2.06. The Balaban J connectivity index is 2.57. The van der Waals surface area contributed by atoms with Gasteiger partial charge in [0.05, 0.1) is 5.69 Å². The summed E-state index contributed by atoms with van der Waals surface area (Å²) in [4.78, 5) is 0.0758. The number of unbranched alkanes of at least 4 members (excludes halogenated alkanes) is 2. The number of hydrogen-bond acceptors (Lipinski definition) is 5. The summed E-state index contributed by atoms with van der Waals surface area (Å²) in [6.07, 6.45) is 2.60. The fourth-order valence-corrected chi connectivity index (χ4v) is 3.17. The SMILES string of the molecule is COCCCCCNS(=O)(=O)c1c(N)nn(C)c1C. The minimum Gasteiger partial charge on any atom is -0.385 e. The quantitative estimate of drug-likeness (QED) is 0.675. The lowest BCUT2D eigenvalue weighted by Crippen LogP contribution is -2.26. The molecule has 1 aromatic rings. The zero-order chi connectivity index (χ0) is 14.5. The number of ether oxygens (including phenoxy) is 1. The molecule has 0 radical (unpaired) electrons. The summed E-state index contributed by atoms with van der Waals surface area (Å²) >= 11 is 0. The first-order valence-electron chi connectivity index (χ1n) is 6.18. The number of nitrogens with one attached hydrogen (secondary N) is 1. The molecule has 8 heteroatoms. The molecule has 0 aromatic carbocycles. The standard InChI is InChI=1S/C11H22N4O3S/c1-9-10(11(12)14-15(9)2)19(16,17)13-7-5-4-6-8-18-3/h13H,4-8H2,1-3H3,(H2,12,14). The molecule has 0 amide bonds. The molecule has 7 nitrogen and oxygen atoms in total. The van der Waals surface area contributed by atoms with E-state index in [1.54, 1.807) is 21.1 Å². The third-order valence-corrected chi connectivity index (χ3v) is 4.52. The van der Waals surface area contributed by atoms with E-state index in [0.29, 0.717) is 18.8 Å². The summed E-state index contributed by atoms with van der Waals surface area (Å²) in [5.41, 5.74) is 6.16. The zero-order valence-electron chi connectivity index (χ0n) is 11.6. The number of nitrogens with zero attached hydrogens (tertiary/aromatic N) is 2. The largest absolute Gasteiger partial charge is 0.385 e. The number of sulfonamides is 1. The summed E-state index contributed by atoms with van der Waals surface area (Å²) in [5, 5.41) is 3.90. The van der Waals surface area contributed by atoms with E-state index in [2.05, 4.69) is 9.82 Å². The van der Waals surface area contributed by atoms with Crippen molar-refractivity contribution in [3.05, 3.63) is 5.69 Å². The maximum Gasteiger partial charge on any atom is 0.246 e. The molecular formula is C11H22N4O3S. The van der Waals surface area contributed by atoms with Crippen molar-refractivity contribution in [2.75, 3.05) is 26.0 Å². The average molecular weight is 290 g/mol. The van der Waals surface area contributed by atoms with Crippen LogP contribution < -0.4 is 10.5 Å². The van der Waals surface area contributed by atoms with Gasteiger partial charge in [0, 0.05) is 27.3 Å². The normalized spacial score (nSPS) is 11.9. The third-order valence-electron chi connectivity index (χ3n) is 2.89. The Morgan fingerprint density at radius 2 is 2.05 bits per heavy atom. The topological polar surface area (TPSA) is 99.2 Å². The lowest BCUT2D eigenvalue weighted by molar-refractivity contribution is 0.192. The predicted molar refractivity (Wildman–Crippen MR) is 73.3 cm³/mol. The van der Waals surface area contributed by atoms with Crippen LogP contribution in [0.25, 0.3) is 0 Å². The Kier molecular flexibility index (Phi) is 5.77. The molecule has 19 heavy (non-hydrogen) atoms. The van der Waals surface area contributed by atoms with Crippen molar-refractivity contribution in [2.24, 2.45) is 7.05 Å². The van der Waals surface area contributed by atoms with Crippen LogP contribution in [0.3, 0.4) is 0 Å². The fourth-order valence-electron chi connectivity index (χ4n) is 1.77. The first kappa shape index (κ1) is 15.9. The summed E-state index contributed by atoms with van der Waals surface area (Å²) in [6.45, 7) is 2.76. The molecule has 1 rings (SSSR count). The maximum atomic E-state index is 12.1. The number of hydrogen-bond donors (Lipinski definition) is 2. The van der Waals surface area contributed by atoms with Crippen LogP contribution in [-0.2, 0) is 21.8 Å². The smallest absolute Gasteiger partial charge is 0.246 e. The van der Waals surface area contributed by atoms with Gasteiger partial charge in [-0.2, -0.15) is 5.10 Å². The molecular weight excluding hydrogens is 268 g/mol. The molecule has 0 saturated carbocycles. The maximum absolute atomic E-state index is 12.1. The van der Waals surface area contributed by atoms with Crippen LogP contribution in [0.4, 0.5) is 5.82 Å². The Morgan fingerprint density at radius 1 is 1.37 bits per heavy atom. The molecule has 0 bridgehead atoms. The van der Waals surface area contributed by atoms with E-state index in [4.69, 9.17) is 10.5 Å². The number of rotatable bonds is 8. The predicted octanol–water partition coefficient (Wildman–Crippen LogP) is 0.406. The molecule has 1 heterocycles. The number of methoxy groups -OCH3 is 1. The third kappa shape index (κ3) is 4.19. The second kappa shape index (κ2) is 6.88. The second-order valence-corrected chi connectivity index (χ2v) is 6.08. The van der Waals surface area contributed by atoms with Crippen molar-refractivity contribution < 1.29 is 13.2 Å².